The van der Waals surface area contributed by atoms with Crippen molar-refractivity contribution in [2.75, 3.05) is 0 Å². The predicted octanol–water partition coefficient (Wildman–Crippen LogP) is 11.9. The summed E-state index contributed by atoms with van der Waals surface area (Å²) in [6.45, 7) is 6.89. The zero-order chi connectivity index (χ0) is 29.8. The molecule has 0 N–H and O–H groups in total. The molecule has 0 radical (unpaired) electrons. The molecule has 1 aromatic heterocycles. The largest absolute Gasteiger partial charge is 0.256 e. The van der Waals surface area contributed by atoms with Gasteiger partial charge in [0.25, 0.3) is 0 Å². The van der Waals surface area contributed by atoms with Crippen molar-refractivity contribution in [3.8, 4) is 44.6 Å². The molecule has 0 spiro atoms. The van der Waals surface area contributed by atoms with E-state index in [4.69, 9.17) is 4.98 Å². The summed E-state index contributed by atoms with van der Waals surface area (Å²) in [5, 5.41) is 7.82. The van der Waals surface area contributed by atoms with E-state index in [9.17, 15) is 0 Å². The molecule has 0 aliphatic rings. The molecule has 0 fully saturated rings. The second-order valence-electron chi connectivity index (χ2n) is 12.8. The van der Waals surface area contributed by atoms with E-state index in [1.165, 1.54) is 71.3 Å². The molecule has 0 saturated heterocycles. The average molecular weight is 564 g/mol. The average Bonchev–Trinajstić information content (AvgIpc) is 3.07. The van der Waals surface area contributed by atoms with Crippen LogP contribution in [0, 0.1) is 0 Å². The van der Waals surface area contributed by atoms with E-state index in [1.807, 2.05) is 12.3 Å². The fraction of sp³-hybridized carbons (Fsp3) is 0.0930. The van der Waals surface area contributed by atoms with E-state index in [0.717, 1.165) is 11.3 Å². The normalized spacial score (nSPS) is 12.0. The molecule has 7 aromatic carbocycles. The summed E-state index contributed by atoms with van der Waals surface area (Å²) in [5.74, 6) is 0. The summed E-state index contributed by atoms with van der Waals surface area (Å²) in [4.78, 5) is 4.75. The Balaban J connectivity index is 1.45. The quantitative estimate of drug-likeness (QED) is 0.194. The SMILES string of the molecule is CC(C)(C)c1cc2ccc3c(-c4ccc(-c5ccccc5)cc4)cc(-c4ccccc4-c4ccccn4)c4ccc(c1)c2c34. The number of aromatic nitrogens is 1. The highest BCUT2D eigenvalue weighted by Gasteiger charge is 2.21. The molecule has 0 bridgehead atoms. The van der Waals surface area contributed by atoms with Gasteiger partial charge in [-0.05, 0) is 94.9 Å². The van der Waals surface area contributed by atoms with Crippen molar-refractivity contribution in [2.24, 2.45) is 0 Å². The first-order chi connectivity index (χ1) is 21.5. The lowest BCUT2D eigenvalue weighted by atomic mass is 9.81. The molecule has 210 valence electrons. The molecular weight excluding hydrogens is 530 g/mol. The van der Waals surface area contributed by atoms with Crippen LogP contribution in [0.2, 0.25) is 0 Å². The van der Waals surface area contributed by atoms with Gasteiger partial charge in [0.2, 0.25) is 0 Å². The minimum atomic E-state index is 0.0723. The van der Waals surface area contributed by atoms with Gasteiger partial charge in [0, 0.05) is 11.8 Å². The smallest absolute Gasteiger partial charge is 0.0708 e. The van der Waals surface area contributed by atoms with Crippen LogP contribution < -0.4 is 0 Å². The van der Waals surface area contributed by atoms with Crippen LogP contribution in [-0.4, -0.2) is 4.98 Å². The maximum Gasteiger partial charge on any atom is 0.0708 e. The lowest BCUT2D eigenvalue weighted by molar-refractivity contribution is 0.591. The monoisotopic (exact) mass is 563 g/mol. The van der Waals surface area contributed by atoms with E-state index in [1.54, 1.807) is 0 Å². The first kappa shape index (κ1) is 26.4. The Kier molecular flexibility index (Phi) is 6.10. The third kappa shape index (κ3) is 4.36. The number of rotatable bonds is 4. The lowest BCUT2D eigenvalue weighted by Gasteiger charge is -2.23. The van der Waals surface area contributed by atoms with Crippen LogP contribution in [0.25, 0.3) is 77.0 Å². The van der Waals surface area contributed by atoms with Gasteiger partial charge < -0.3 is 0 Å². The Labute approximate surface area is 258 Å². The molecule has 1 nitrogen and oxygen atoms in total. The topological polar surface area (TPSA) is 12.9 Å². The van der Waals surface area contributed by atoms with Gasteiger partial charge in [-0.1, -0.05) is 142 Å². The Hall–Kier alpha value is -5.27. The maximum absolute atomic E-state index is 4.75. The Morgan fingerprint density at radius 1 is 0.432 bits per heavy atom. The van der Waals surface area contributed by atoms with Crippen molar-refractivity contribution >= 4 is 32.3 Å². The van der Waals surface area contributed by atoms with Crippen LogP contribution in [0.5, 0.6) is 0 Å². The zero-order valence-corrected chi connectivity index (χ0v) is 25.3. The summed E-state index contributed by atoms with van der Waals surface area (Å²) >= 11 is 0. The van der Waals surface area contributed by atoms with Gasteiger partial charge in [-0.25, -0.2) is 0 Å². The van der Waals surface area contributed by atoms with E-state index in [-0.39, 0.29) is 5.41 Å². The van der Waals surface area contributed by atoms with Crippen LogP contribution >= 0.6 is 0 Å². The minimum absolute atomic E-state index is 0.0723. The second-order valence-corrected chi connectivity index (χ2v) is 12.8. The van der Waals surface area contributed by atoms with Crippen molar-refractivity contribution in [1.29, 1.82) is 0 Å². The molecule has 8 aromatic rings. The van der Waals surface area contributed by atoms with Crippen molar-refractivity contribution in [1.82, 2.24) is 4.98 Å². The highest BCUT2D eigenvalue weighted by molar-refractivity contribution is 6.28. The van der Waals surface area contributed by atoms with Crippen LogP contribution in [0.4, 0.5) is 0 Å². The van der Waals surface area contributed by atoms with Crippen molar-refractivity contribution in [2.45, 2.75) is 26.2 Å². The van der Waals surface area contributed by atoms with Crippen molar-refractivity contribution < 1.29 is 0 Å². The number of hydrogen-bond acceptors (Lipinski definition) is 1. The summed E-state index contributed by atoms with van der Waals surface area (Å²) < 4.78 is 0. The fourth-order valence-corrected chi connectivity index (χ4v) is 6.75. The molecule has 0 saturated carbocycles. The summed E-state index contributed by atoms with van der Waals surface area (Å²) in [5.41, 5.74) is 10.9. The first-order valence-electron chi connectivity index (χ1n) is 15.4. The lowest BCUT2D eigenvalue weighted by Crippen LogP contribution is -2.10. The van der Waals surface area contributed by atoms with Crippen molar-refractivity contribution in [3.63, 3.8) is 0 Å². The van der Waals surface area contributed by atoms with Crippen molar-refractivity contribution in [3.05, 3.63) is 151 Å². The van der Waals surface area contributed by atoms with E-state index < -0.39 is 0 Å². The predicted molar refractivity (Wildman–Crippen MR) is 188 cm³/mol. The van der Waals surface area contributed by atoms with E-state index in [2.05, 4.69) is 154 Å². The Morgan fingerprint density at radius 3 is 1.68 bits per heavy atom. The Morgan fingerprint density at radius 2 is 1.02 bits per heavy atom. The van der Waals surface area contributed by atoms with Gasteiger partial charge in [0.1, 0.15) is 0 Å². The highest BCUT2D eigenvalue weighted by atomic mass is 14.7. The number of pyridine rings is 1. The maximum atomic E-state index is 4.75. The highest BCUT2D eigenvalue weighted by Crippen LogP contribution is 2.46. The van der Waals surface area contributed by atoms with Gasteiger partial charge >= 0.3 is 0 Å². The van der Waals surface area contributed by atoms with Gasteiger partial charge in [-0.2, -0.15) is 0 Å². The molecule has 0 aliphatic carbocycles. The summed E-state index contributed by atoms with van der Waals surface area (Å²) in [7, 11) is 0. The molecule has 0 atom stereocenters. The Bertz CT molecular complexity index is 2250. The summed E-state index contributed by atoms with van der Waals surface area (Å²) in [6, 6.07) is 51.0. The van der Waals surface area contributed by atoms with Crippen LogP contribution in [0.1, 0.15) is 26.3 Å². The molecule has 44 heavy (non-hydrogen) atoms. The van der Waals surface area contributed by atoms with E-state index >= 15 is 0 Å². The van der Waals surface area contributed by atoms with Gasteiger partial charge in [0.05, 0.1) is 5.69 Å². The third-order valence-corrected chi connectivity index (χ3v) is 9.04. The zero-order valence-electron chi connectivity index (χ0n) is 25.3. The number of benzene rings is 7. The van der Waals surface area contributed by atoms with Gasteiger partial charge in [-0.3, -0.25) is 4.98 Å². The molecule has 1 heterocycles. The fourth-order valence-electron chi connectivity index (χ4n) is 6.75. The van der Waals surface area contributed by atoms with Crippen LogP contribution in [0.3, 0.4) is 0 Å². The van der Waals surface area contributed by atoms with Crippen LogP contribution in [-0.2, 0) is 5.41 Å². The molecule has 1 heteroatoms. The number of nitrogens with zero attached hydrogens (tertiary/aromatic N) is 1. The minimum Gasteiger partial charge on any atom is -0.256 e. The molecule has 0 amide bonds. The second kappa shape index (κ2) is 10.2. The van der Waals surface area contributed by atoms with E-state index in [0.29, 0.717) is 0 Å². The number of hydrogen-bond donors (Lipinski definition) is 0. The van der Waals surface area contributed by atoms with Gasteiger partial charge in [-0.15, -0.1) is 0 Å². The summed E-state index contributed by atoms with van der Waals surface area (Å²) in [6.07, 6.45) is 1.88. The molecule has 8 rings (SSSR count). The first-order valence-corrected chi connectivity index (χ1v) is 15.4. The molecule has 0 unspecified atom stereocenters. The molecule has 0 aliphatic heterocycles. The third-order valence-electron chi connectivity index (χ3n) is 9.04. The standard InChI is InChI=1S/C43H33N/c1-43(2,3)33-25-31-20-22-36-38(30-18-16-29(17-19-30)28-11-5-4-6-12-28)27-39(37-23-21-32(26-33)41(31)42(36)37)34-13-7-8-14-35(34)40-15-9-10-24-44-40/h4-27H,1-3H3. The van der Waals surface area contributed by atoms with Gasteiger partial charge in [0.15, 0.2) is 0 Å². The van der Waals surface area contributed by atoms with Crippen LogP contribution in [0.15, 0.2) is 146 Å². The molecular formula is C43H33N.